The van der Waals surface area contributed by atoms with Crippen molar-refractivity contribution in [1.82, 2.24) is 5.32 Å². The molecule has 1 aromatic carbocycles. The number of ketones is 1. The lowest BCUT2D eigenvalue weighted by Crippen LogP contribution is -2.60. The molecule has 1 saturated heterocycles. The van der Waals surface area contributed by atoms with Gasteiger partial charge in [-0.05, 0) is 43.4 Å². The van der Waals surface area contributed by atoms with Crippen molar-refractivity contribution in [1.29, 1.82) is 0 Å². The number of Topliss-reactive ketones (excluding diaryl/α,β-unsaturated/α-hetero) is 1. The van der Waals surface area contributed by atoms with Crippen molar-refractivity contribution >= 4 is 21.7 Å². The molecule has 3 aliphatic rings. The van der Waals surface area contributed by atoms with Gasteiger partial charge in [-0.2, -0.15) is 0 Å². The smallest absolute Gasteiger partial charge is 0.161 e. The molecular weight excluding hydrogens is 346 g/mol. The van der Waals surface area contributed by atoms with Crippen LogP contribution in [-0.4, -0.2) is 30.6 Å². The first kappa shape index (κ1) is 14.5. The second-order valence-electron chi connectivity index (χ2n) is 6.79. The van der Waals surface area contributed by atoms with Crippen LogP contribution in [0.2, 0.25) is 0 Å². The summed E-state index contributed by atoms with van der Waals surface area (Å²) in [5.74, 6) is 1.48. The summed E-state index contributed by atoms with van der Waals surface area (Å²) in [6, 6.07) is 2.24. The van der Waals surface area contributed by atoms with E-state index in [1.807, 2.05) is 6.07 Å². The number of rotatable bonds is 1. The van der Waals surface area contributed by atoms with Crippen LogP contribution in [0.5, 0.6) is 11.5 Å². The van der Waals surface area contributed by atoms with Crippen LogP contribution in [0.25, 0.3) is 0 Å². The largest absolute Gasteiger partial charge is 0.504 e. The minimum atomic E-state index is -0.222. The number of aromatic hydroxyl groups is 1. The van der Waals surface area contributed by atoms with Gasteiger partial charge in [0.1, 0.15) is 5.78 Å². The normalized spacial score (nSPS) is 33.1. The molecular formula is C17H20BrNO3. The molecule has 4 rings (SSSR count). The van der Waals surface area contributed by atoms with Gasteiger partial charge in [-0.25, -0.2) is 0 Å². The quantitative estimate of drug-likeness (QED) is 0.803. The van der Waals surface area contributed by atoms with Crippen molar-refractivity contribution in [2.75, 3.05) is 13.7 Å². The summed E-state index contributed by atoms with van der Waals surface area (Å²) in [6.07, 6.45) is 3.94. The van der Waals surface area contributed by atoms with Gasteiger partial charge in [0, 0.05) is 34.3 Å². The van der Waals surface area contributed by atoms with Gasteiger partial charge in [0.15, 0.2) is 11.5 Å². The lowest BCUT2D eigenvalue weighted by Gasteiger charge is -2.55. The summed E-state index contributed by atoms with van der Waals surface area (Å²) >= 11 is 3.64. The van der Waals surface area contributed by atoms with Crippen molar-refractivity contribution in [3.8, 4) is 11.5 Å². The Morgan fingerprint density at radius 3 is 3.09 bits per heavy atom. The molecule has 5 heteroatoms. The molecule has 1 saturated carbocycles. The van der Waals surface area contributed by atoms with Crippen molar-refractivity contribution in [3.05, 3.63) is 21.7 Å². The van der Waals surface area contributed by atoms with Gasteiger partial charge in [-0.1, -0.05) is 15.9 Å². The maximum atomic E-state index is 12.2. The fourth-order valence-corrected chi connectivity index (χ4v) is 5.60. The Labute approximate surface area is 138 Å². The van der Waals surface area contributed by atoms with Crippen molar-refractivity contribution in [2.24, 2.45) is 5.92 Å². The third-order valence-electron chi connectivity index (χ3n) is 5.88. The summed E-state index contributed by atoms with van der Waals surface area (Å²) < 4.78 is 6.33. The minimum Gasteiger partial charge on any atom is -0.504 e. The van der Waals surface area contributed by atoms with Crippen molar-refractivity contribution in [2.45, 2.75) is 43.6 Å². The van der Waals surface area contributed by atoms with E-state index in [-0.39, 0.29) is 11.2 Å². The number of ether oxygens (including phenoxy) is 1. The van der Waals surface area contributed by atoms with Crippen LogP contribution in [-0.2, 0) is 16.6 Å². The SMILES string of the molecule is COc1cc(Br)c2c(c1O)C13CCNC(C2)C1CCC(=O)C3. The predicted molar refractivity (Wildman–Crippen MR) is 86.5 cm³/mol. The predicted octanol–water partition coefficient (Wildman–Crippen LogP) is 2.69. The topological polar surface area (TPSA) is 58.6 Å². The Balaban J connectivity index is 1.99. The number of carbonyl (C=O) groups excluding carboxylic acids is 1. The second kappa shape index (κ2) is 4.96. The van der Waals surface area contributed by atoms with Gasteiger partial charge >= 0.3 is 0 Å². The van der Waals surface area contributed by atoms with Crippen LogP contribution in [0.3, 0.4) is 0 Å². The zero-order chi connectivity index (χ0) is 15.5. The molecule has 0 amide bonds. The van der Waals surface area contributed by atoms with E-state index in [9.17, 15) is 9.90 Å². The molecule has 2 bridgehead atoms. The van der Waals surface area contributed by atoms with Crippen LogP contribution in [0, 0.1) is 5.92 Å². The summed E-state index contributed by atoms with van der Waals surface area (Å²) in [7, 11) is 1.57. The molecule has 118 valence electrons. The van der Waals surface area contributed by atoms with E-state index in [0.717, 1.165) is 41.4 Å². The molecule has 1 aliphatic heterocycles. The number of piperidine rings is 1. The molecule has 0 aromatic heterocycles. The molecule has 3 unspecified atom stereocenters. The van der Waals surface area contributed by atoms with Crippen molar-refractivity contribution < 1.29 is 14.6 Å². The highest BCUT2D eigenvalue weighted by Crippen LogP contribution is 2.58. The molecule has 2 aliphatic carbocycles. The molecule has 3 atom stereocenters. The number of nitrogens with one attached hydrogen (secondary N) is 1. The third kappa shape index (κ3) is 1.81. The van der Waals surface area contributed by atoms with E-state index in [1.54, 1.807) is 7.11 Å². The summed E-state index contributed by atoms with van der Waals surface area (Å²) in [4.78, 5) is 12.2. The van der Waals surface area contributed by atoms with E-state index in [0.29, 0.717) is 36.3 Å². The van der Waals surface area contributed by atoms with Gasteiger partial charge in [-0.3, -0.25) is 4.79 Å². The van der Waals surface area contributed by atoms with Gasteiger partial charge in [-0.15, -0.1) is 0 Å². The van der Waals surface area contributed by atoms with Crippen LogP contribution in [0.15, 0.2) is 10.5 Å². The molecule has 4 nitrogen and oxygen atoms in total. The van der Waals surface area contributed by atoms with E-state index in [4.69, 9.17) is 4.74 Å². The molecule has 1 aromatic rings. The Bertz CT molecular complexity index is 660. The van der Waals surface area contributed by atoms with Gasteiger partial charge in [0.05, 0.1) is 7.11 Å². The Morgan fingerprint density at radius 1 is 1.50 bits per heavy atom. The highest BCUT2D eigenvalue weighted by atomic mass is 79.9. The van der Waals surface area contributed by atoms with Crippen LogP contribution < -0.4 is 10.1 Å². The minimum absolute atomic E-state index is 0.222. The first-order valence-corrected chi connectivity index (χ1v) is 8.70. The Kier molecular flexibility index (Phi) is 3.28. The van der Waals surface area contributed by atoms with Gasteiger partial charge < -0.3 is 15.2 Å². The van der Waals surface area contributed by atoms with E-state index < -0.39 is 0 Å². The number of hydrogen-bond donors (Lipinski definition) is 2. The van der Waals surface area contributed by atoms with Gasteiger partial charge in [0.25, 0.3) is 0 Å². The van der Waals surface area contributed by atoms with Gasteiger partial charge in [0.2, 0.25) is 0 Å². The number of halogens is 1. The molecule has 2 fully saturated rings. The van der Waals surface area contributed by atoms with Crippen LogP contribution in [0.4, 0.5) is 0 Å². The molecule has 2 N–H and O–H groups in total. The number of phenols is 1. The maximum absolute atomic E-state index is 12.2. The highest BCUT2D eigenvalue weighted by Gasteiger charge is 2.55. The van der Waals surface area contributed by atoms with Crippen molar-refractivity contribution in [3.63, 3.8) is 0 Å². The first-order chi connectivity index (χ1) is 10.6. The lowest BCUT2D eigenvalue weighted by atomic mass is 9.52. The summed E-state index contributed by atoms with van der Waals surface area (Å²) in [6.45, 7) is 0.905. The average Bonchev–Trinajstić information content (AvgIpc) is 2.49. The number of methoxy groups -OCH3 is 1. The van der Waals surface area contributed by atoms with E-state index in [2.05, 4.69) is 21.2 Å². The lowest BCUT2D eigenvalue weighted by molar-refractivity contribution is -0.125. The molecule has 22 heavy (non-hydrogen) atoms. The number of phenolic OH excluding ortho intramolecular Hbond substituents is 1. The van der Waals surface area contributed by atoms with E-state index in [1.165, 1.54) is 0 Å². The number of fused-ring (bicyclic) bond motifs is 1. The Morgan fingerprint density at radius 2 is 2.32 bits per heavy atom. The first-order valence-electron chi connectivity index (χ1n) is 7.90. The van der Waals surface area contributed by atoms with Crippen LogP contribution in [0.1, 0.15) is 36.8 Å². The fraction of sp³-hybridized carbons (Fsp3) is 0.588. The zero-order valence-electron chi connectivity index (χ0n) is 12.6. The van der Waals surface area contributed by atoms with E-state index >= 15 is 0 Å². The summed E-state index contributed by atoms with van der Waals surface area (Å²) in [5, 5.41) is 14.4. The second-order valence-corrected chi connectivity index (χ2v) is 7.65. The maximum Gasteiger partial charge on any atom is 0.161 e. The standard InChI is InChI=1S/C17H20BrNO3/c1-22-14-7-12(18)10-6-13-11-3-2-9(20)8-17(11,4-5-19-13)15(10)16(14)21/h7,11,13,19,21H,2-6,8H2,1H3. The highest BCUT2D eigenvalue weighted by molar-refractivity contribution is 9.10. The molecule has 1 heterocycles. The molecule has 0 spiro atoms. The average molecular weight is 366 g/mol. The summed E-state index contributed by atoms with van der Waals surface area (Å²) in [5.41, 5.74) is 1.89. The number of benzene rings is 1. The fourth-order valence-electron chi connectivity index (χ4n) is 5.03. The molecule has 0 radical (unpaired) electrons. The number of carbonyl (C=O) groups is 1. The zero-order valence-corrected chi connectivity index (χ0v) is 14.2. The Hall–Kier alpha value is -1.07. The third-order valence-corrected chi connectivity index (χ3v) is 6.59. The monoisotopic (exact) mass is 365 g/mol. The van der Waals surface area contributed by atoms with Crippen LogP contribution >= 0.6 is 15.9 Å². The number of hydrogen-bond acceptors (Lipinski definition) is 4.